The molecule has 3 atom stereocenters. The van der Waals surface area contributed by atoms with E-state index < -0.39 is 11.7 Å². The van der Waals surface area contributed by atoms with E-state index in [2.05, 4.69) is 13.8 Å². The first kappa shape index (κ1) is 15.4. The van der Waals surface area contributed by atoms with Gasteiger partial charge >= 0.3 is 5.97 Å². The van der Waals surface area contributed by atoms with Crippen LogP contribution in [0.15, 0.2) is 0 Å². The van der Waals surface area contributed by atoms with Crippen molar-refractivity contribution in [1.82, 2.24) is 0 Å². The van der Waals surface area contributed by atoms with Crippen molar-refractivity contribution in [3.8, 4) is 0 Å². The Morgan fingerprint density at radius 3 is 2.28 bits per heavy atom. The molecule has 0 aromatic heterocycles. The number of carbonyl (C=O) groups is 1. The van der Waals surface area contributed by atoms with Gasteiger partial charge in [0.1, 0.15) is 5.60 Å². The number of esters is 1. The molecule has 0 radical (unpaired) electrons. The Hall–Kier alpha value is -0.610. The van der Waals surface area contributed by atoms with E-state index in [1.54, 1.807) is 6.92 Å². The van der Waals surface area contributed by atoms with Crippen LogP contribution in [0.2, 0.25) is 0 Å². The lowest BCUT2D eigenvalue weighted by Gasteiger charge is -2.22. The highest BCUT2D eigenvalue weighted by atomic mass is 16.6. The number of hydrogen-bond acceptors (Lipinski definition) is 4. The Bertz CT molecular complexity index is 303. The number of ether oxygens (including phenoxy) is 2. The van der Waals surface area contributed by atoms with Gasteiger partial charge in [-0.05, 0) is 44.9 Å². The minimum absolute atomic E-state index is 0.113. The molecule has 1 rings (SSSR count). The highest BCUT2D eigenvalue weighted by molar-refractivity contribution is 5.74. The van der Waals surface area contributed by atoms with Gasteiger partial charge in [-0.2, -0.15) is 0 Å². The minimum Gasteiger partial charge on any atom is -0.458 e. The molecule has 4 nitrogen and oxygen atoms in total. The van der Waals surface area contributed by atoms with E-state index in [1.807, 2.05) is 20.8 Å². The third-order valence-corrected chi connectivity index (χ3v) is 3.75. The lowest BCUT2D eigenvalue weighted by Crippen LogP contribution is -2.32. The summed E-state index contributed by atoms with van der Waals surface area (Å²) in [5.41, 5.74) is -0.371. The molecule has 0 bridgehead atoms. The van der Waals surface area contributed by atoms with Gasteiger partial charge in [-0.3, -0.25) is 0 Å². The number of rotatable bonds is 5. The zero-order chi connectivity index (χ0) is 14.1. The second-order valence-electron chi connectivity index (χ2n) is 6.73. The Labute approximate surface area is 110 Å². The lowest BCUT2D eigenvalue weighted by molar-refractivity contribution is -0.167. The van der Waals surface area contributed by atoms with Crippen molar-refractivity contribution in [2.45, 2.75) is 53.2 Å². The van der Waals surface area contributed by atoms with Crippen molar-refractivity contribution in [2.24, 2.45) is 17.3 Å². The first-order valence-corrected chi connectivity index (χ1v) is 6.55. The molecule has 0 aliphatic heterocycles. The first-order valence-electron chi connectivity index (χ1n) is 6.55. The quantitative estimate of drug-likeness (QED) is 0.766. The van der Waals surface area contributed by atoms with E-state index in [9.17, 15) is 9.90 Å². The van der Waals surface area contributed by atoms with Gasteiger partial charge in [0, 0.05) is 6.61 Å². The summed E-state index contributed by atoms with van der Waals surface area (Å²) in [6.45, 7) is 12.1. The van der Waals surface area contributed by atoms with Gasteiger partial charge in [0.2, 0.25) is 0 Å². The molecule has 0 spiro atoms. The fraction of sp³-hybridized carbons (Fsp3) is 0.929. The van der Waals surface area contributed by atoms with Gasteiger partial charge in [0.15, 0.2) is 6.10 Å². The smallest absolute Gasteiger partial charge is 0.335 e. The van der Waals surface area contributed by atoms with E-state index >= 15 is 0 Å². The van der Waals surface area contributed by atoms with Crippen LogP contribution in [-0.4, -0.2) is 36.0 Å². The van der Waals surface area contributed by atoms with Crippen molar-refractivity contribution in [1.29, 1.82) is 0 Å². The third-order valence-electron chi connectivity index (χ3n) is 3.75. The second-order valence-corrected chi connectivity index (χ2v) is 6.73. The maximum absolute atomic E-state index is 11.7. The van der Waals surface area contributed by atoms with Gasteiger partial charge in [-0.15, -0.1) is 0 Å². The average Bonchev–Trinajstić information content (AvgIpc) is 2.73. The molecule has 0 amide bonds. The minimum atomic E-state index is -0.556. The summed E-state index contributed by atoms with van der Waals surface area (Å²) in [5.74, 6) is 0.275. The topological polar surface area (TPSA) is 55.8 Å². The van der Waals surface area contributed by atoms with Gasteiger partial charge < -0.3 is 14.6 Å². The Balaban J connectivity index is 2.34. The molecule has 1 N–H and O–H groups in total. The largest absolute Gasteiger partial charge is 0.458 e. The van der Waals surface area contributed by atoms with Crippen LogP contribution in [0.25, 0.3) is 0 Å². The summed E-state index contributed by atoms with van der Waals surface area (Å²) < 4.78 is 10.8. The van der Waals surface area contributed by atoms with Crippen molar-refractivity contribution in [3.63, 3.8) is 0 Å². The van der Waals surface area contributed by atoms with Gasteiger partial charge in [-0.1, -0.05) is 13.8 Å². The normalized spacial score (nSPS) is 27.7. The molecule has 0 heterocycles. The SMILES string of the molecule is CC(OC[C@H]1[C@@H](CO)C1(C)C)C(=O)OC(C)(C)C. The van der Waals surface area contributed by atoms with Crippen LogP contribution >= 0.6 is 0 Å². The molecule has 1 aliphatic rings. The van der Waals surface area contributed by atoms with Crippen molar-refractivity contribution in [3.05, 3.63) is 0 Å². The molecular formula is C14H26O4. The Morgan fingerprint density at radius 1 is 1.33 bits per heavy atom. The van der Waals surface area contributed by atoms with E-state index in [0.29, 0.717) is 12.5 Å². The zero-order valence-electron chi connectivity index (χ0n) is 12.3. The number of carbonyl (C=O) groups excluding carboxylic acids is 1. The maximum Gasteiger partial charge on any atom is 0.335 e. The Kier molecular flexibility index (Phi) is 4.44. The molecule has 1 aliphatic carbocycles. The van der Waals surface area contributed by atoms with Crippen LogP contribution in [-0.2, 0) is 14.3 Å². The highest BCUT2D eigenvalue weighted by Gasteiger charge is 2.57. The molecule has 106 valence electrons. The van der Waals surface area contributed by atoms with E-state index in [-0.39, 0.29) is 23.9 Å². The predicted octanol–water partition coefficient (Wildman–Crippen LogP) is 2.00. The van der Waals surface area contributed by atoms with Crippen LogP contribution in [0.5, 0.6) is 0 Å². The molecule has 1 saturated carbocycles. The van der Waals surface area contributed by atoms with Gasteiger partial charge in [0.05, 0.1) is 6.61 Å². The molecule has 0 saturated heterocycles. The fourth-order valence-corrected chi connectivity index (χ4v) is 2.25. The fourth-order valence-electron chi connectivity index (χ4n) is 2.25. The summed E-state index contributed by atoms with van der Waals surface area (Å²) in [4.78, 5) is 11.7. The molecule has 0 aromatic carbocycles. The van der Waals surface area contributed by atoms with Crippen molar-refractivity contribution in [2.75, 3.05) is 13.2 Å². The van der Waals surface area contributed by atoms with Crippen LogP contribution in [0, 0.1) is 17.3 Å². The van der Waals surface area contributed by atoms with E-state index in [4.69, 9.17) is 9.47 Å². The summed E-state index contributed by atoms with van der Waals surface area (Å²) in [5, 5.41) is 9.19. The van der Waals surface area contributed by atoms with Gasteiger partial charge in [-0.25, -0.2) is 4.79 Å². The van der Waals surface area contributed by atoms with Crippen molar-refractivity contribution >= 4 is 5.97 Å². The lowest BCUT2D eigenvalue weighted by atomic mass is 10.1. The number of aliphatic hydroxyl groups excluding tert-OH is 1. The molecule has 1 fully saturated rings. The highest BCUT2D eigenvalue weighted by Crippen LogP contribution is 2.57. The molecule has 4 heteroatoms. The first-order chi connectivity index (χ1) is 8.09. The predicted molar refractivity (Wildman–Crippen MR) is 69.1 cm³/mol. The van der Waals surface area contributed by atoms with Crippen molar-refractivity contribution < 1.29 is 19.4 Å². The van der Waals surface area contributed by atoms with E-state index in [1.165, 1.54) is 0 Å². The van der Waals surface area contributed by atoms with Gasteiger partial charge in [0.25, 0.3) is 0 Å². The number of aliphatic hydroxyl groups is 1. The van der Waals surface area contributed by atoms with Crippen LogP contribution in [0.3, 0.4) is 0 Å². The summed E-state index contributed by atoms with van der Waals surface area (Å²) in [6, 6.07) is 0. The molecule has 0 aromatic rings. The molecule has 1 unspecified atom stereocenters. The summed E-state index contributed by atoms with van der Waals surface area (Å²) in [7, 11) is 0. The zero-order valence-corrected chi connectivity index (χ0v) is 12.3. The monoisotopic (exact) mass is 258 g/mol. The number of hydrogen-bond donors (Lipinski definition) is 1. The standard InChI is InChI=1S/C14H26O4/c1-9(12(16)18-13(2,3)4)17-8-11-10(7-15)14(11,5)6/h9-11,15H,7-8H2,1-6H3/t9?,10-,11+/m1/s1. The van der Waals surface area contributed by atoms with Crippen LogP contribution in [0.1, 0.15) is 41.5 Å². The van der Waals surface area contributed by atoms with Crippen LogP contribution < -0.4 is 0 Å². The summed E-state index contributed by atoms with van der Waals surface area (Å²) >= 11 is 0. The second kappa shape index (κ2) is 5.17. The van der Waals surface area contributed by atoms with Crippen LogP contribution in [0.4, 0.5) is 0 Å². The van der Waals surface area contributed by atoms with E-state index in [0.717, 1.165) is 0 Å². The Morgan fingerprint density at radius 2 is 1.89 bits per heavy atom. The average molecular weight is 258 g/mol. The third kappa shape index (κ3) is 3.69. The molecule has 18 heavy (non-hydrogen) atoms. The summed E-state index contributed by atoms with van der Waals surface area (Å²) in [6.07, 6.45) is -0.556. The maximum atomic E-state index is 11.7. The molecular weight excluding hydrogens is 232 g/mol.